The Hall–Kier alpha value is -2.30. The molecule has 0 aliphatic carbocycles. The number of urea groups is 1. The van der Waals surface area contributed by atoms with Gasteiger partial charge in [0.15, 0.2) is 0 Å². The zero-order valence-electron chi connectivity index (χ0n) is 14.2. The van der Waals surface area contributed by atoms with E-state index in [0.717, 1.165) is 35.6 Å². The third-order valence-corrected chi connectivity index (χ3v) is 3.85. The molecule has 5 heteroatoms. The molecule has 1 heterocycles. The van der Waals surface area contributed by atoms with Gasteiger partial charge in [-0.15, -0.1) is 0 Å². The third kappa shape index (κ3) is 4.58. The van der Waals surface area contributed by atoms with E-state index in [1.807, 2.05) is 48.9 Å². The lowest BCUT2D eigenvalue weighted by Gasteiger charge is -2.08. The van der Waals surface area contributed by atoms with E-state index < -0.39 is 0 Å². The van der Waals surface area contributed by atoms with E-state index in [2.05, 4.69) is 22.7 Å². The Morgan fingerprint density at radius 2 is 1.87 bits per heavy atom. The largest absolute Gasteiger partial charge is 0.338 e. The fourth-order valence-electron chi connectivity index (χ4n) is 2.56. The van der Waals surface area contributed by atoms with Crippen LogP contribution in [0.2, 0.25) is 0 Å². The molecule has 2 amide bonds. The lowest BCUT2D eigenvalue weighted by Crippen LogP contribution is -2.29. The van der Waals surface area contributed by atoms with Crippen molar-refractivity contribution < 1.29 is 4.79 Å². The summed E-state index contributed by atoms with van der Waals surface area (Å²) < 4.78 is 1.85. The van der Waals surface area contributed by atoms with Crippen LogP contribution in [0.1, 0.15) is 44.0 Å². The second kappa shape index (κ2) is 8.36. The van der Waals surface area contributed by atoms with Crippen LogP contribution < -0.4 is 10.6 Å². The Balaban J connectivity index is 1.98. The number of hydrogen-bond donors (Lipinski definition) is 2. The Labute approximate surface area is 138 Å². The number of nitrogens with one attached hydrogen (secondary N) is 2. The molecule has 0 saturated carbocycles. The van der Waals surface area contributed by atoms with Gasteiger partial charge in [0.05, 0.1) is 22.8 Å². The van der Waals surface area contributed by atoms with Crippen molar-refractivity contribution in [3.05, 3.63) is 41.7 Å². The van der Waals surface area contributed by atoms with Gasteiger partial charge in [0.1, 0.15) is 0 Å². The third-order valence-electron chi connectivity index (χ3n) is 3.85. The van der Waals surface area contributed by atoms with Crippen LogP contribution in [-0.4, -0.2) is 22.4 Å². The Kier molecular flexibility index (Phi) is 6.20. The molecule has 5 nitrogen and oxygen atoms in total. The second-order valence-corrected chi connectivity index (χ2v) is 5.73. The monoisotopic (exact) mass is 314 g/mol. The van der Waals surface area contributed by atoms with Crippen molar-refractivity contribution in [3.63, 3.8) is 0 Å². The second-order valence-electron chi connectivity index (χ2n) is 5.73. The van der Waals surface area contributed by atoms with Gasteiger partial charge >= 0.3 is 6.03 Å². The number of benzene rings is 1. The van der Waals surface area contributed by atoms with Gasteiger partial charge in [-0.1, -0.05) is 44.4 Å². The average Bonchev–Trinajstić information content (AvgIpc) is 2.83. The zero-order valence-corrected chi connectivity index (χ0v) is 14.2. The summed E-state index contributed by atoms with van der Waals surface area (Å²) in [5.41, 5.74) is 3.50. The van der Waals surface area contributed by atoms with Crippen molar-refractivity contribution in [2.75, 3.05) is 11.9 Å². The predicted molar refractivity (Wildman–Crippen MR) is 94.2 cm³/mol. The van der Waals surface area contributed by atoms with E-state index in [-0.39, 0.29) is 6.03 Å². The Bertz CT molecular complexity index is 634. The lowest BCUT2D eigenvalue weighted by molar-refractivity contribution is 0.252. The maximum atomic E-state index is 12.0. The van der Waals surface area contributed by atoms with E-state index in [9.17, 15) is 4.79 Å². The van der Waals surface area contributed by atoms with Gasteiger partial charge in [-0.3, -0.25) is 0 Å². The fourth-order valence-corrected chi connectivity index (χ4v) is 2.56. The quantitative estimate of drug-likeness (QED) is 0.753. The SMILES string of the molecule is CCCCCCNC(=O)Nc1c(C)nn(-c2ccccc2)c1C. The maximum Gasteiger partial charge on any atom is 0.319 e. The molecule has 0 fully saturated rings. The molecular formula is C18H26N4O. The highest BCUT2D eigenvalue weighted by Crippen LogP contribution is 2.22. The van der Waals surface area contributed by atoms with Crippen LogP contribution in [0.25, 0.3) is 5.69 Å². The summed E-state index contributed by atoms with van der Waals surface area (Å²) in [5, 5.41) is 10.4. The van der Waals surface area contributed by atoms with Gasteiger partial charge in [-0.25, -0.2) is 9.48 Å². The summed E-state index contributed by atoms with van der Waals surface area (Å²) in [4.78, 5) is 12.0. The number of anilines is 1. The van der Waals surface area contributed by atoms with Crippen LogP contribution in [0.3, 0.4) is 0 Å². The summed E-state index contributed by atoms with van der Waals surface area (Å²) in [5.74, 6) is 0. The van der Waals surface area contributed by atoms with Gasteiger partial charge in [0, 0.05) is 6.54 Å². The molecule has 2 aromatic rings. The minimum atomic E-state index is -0.166. The van der Waals surface area contributed by atoms with Crippen LogP contribution in [0.15, 0.2) is 30.3 Å². The molecule has 0 radical (unpaired) electrons. The molecule has 0 atom stereocenters. The smallest absolute Gasteiger partial charge is 0.319 e. The molecule has 0 saturated heterocycles. The molecule has 0 aliphatic rings. The van der Waals surface area contributed by atoms with Crippen molar-refractivity contribution in [1.82, 2.24) is 15.1 Å². The van der Waals surface area contributed by atoms with Gasteiger partial charge in [-0.05, 0) is 32.4 Å². The fraction of sp³-hybridized carbons (Fsp3) is 0.444. The number of carbonyl (C=O) groups excluding carboxylic acids is 1. The van der Waals surface area contributed by atoms with Crippen molar-refractivity contribution in [1.29, 1.82) is 0 Å². The Morgan fingerprint density at radius 3 is 2.57 bits per heavy atom. The number of aryl methyl sites for hydroxylation is 1. The van der Waals surface area contributed by atoms with E-state index in [1.54, 1.807) is 0 Å². The number of unbranched alkanes of at least 4 members (excludes halogenated alkanes) is 3. The molecule has 1 aromatic heterocycles. The molecule has 0 unspecified atom stereocenters. The minimum absolute atomic E-state index is 0.166. The van der Waals surface area contributed by atoms with Crippen molar-refractivity contribution in [3.8, 4) is 5.69 Å². The molecule has 1 aromatic carbocycles. The minimum Gasteiger partial charge on any atom is -0.338 e. The van der Waals surface area contributed by atoms with E-state index in [4.69, 9.17) is 0 Å². The first kappa shape index (κ1) is 17.1. The van der Waals surface area contributed by atoms with Crippen LogP contribution in [0.4, 0.5) is 10.5 Å². The topological polar surface area (TPSA) is 59.0 Å². The Morgan fingerprint density at radius 1 is 1.13 bits per heavy atom. The summed E-state index contributed by atoms with van der Waals surface area (Å²) in [6.45, 7) is 6.75. The molecule has 0 spiro atoms. The number of rotatable bonds is 7. The first-order valence-corrected chi connectivity index (χ1v) is 8.30. The number of amides is 2. The maximum absolute atomic E-state index is 12.0. The van der Waals surface area contributed by atoms with E-state index in [0.29, 0.717) is 6.54 Å². The number of nitrogens with zero attached hydrogens (tertiary/aromatic N) is 2. The number of carbonyl (C=O) groups is 1. The summed E-state index contributed by atoms with van der Waals surface area (Å²) in [7, 11) is 0. The van der Waals surface area contributed by atoms with E-state index >= 15 is 0 Å². The van der Waals surface area contributed by atoms with Crippen molar-refractivity contribution in [2.24, 2.45) is 0 Å². The number of aromatic nitrogens is 2. The molecule has 2 rings (SSSR count). The first-order chi connectivity index (χ1) is 11.1. The lowest BCUT2D eigenvalue weighted by atomic mass is 10.2. The highest BCUT2D eigenvalue weighted by atomic mass is 16.2. The summed E-state index contributed by atoms with van der Waals surface area (Å²) in [6.07, 6.45) is 4.58. The standard InChI is InChI=1S/C18H26N4O/c1-4-5-6-10-13-19-18(23)20-17-14(2)21-22(15(17)3)16-11-8-7-9-12-16/h7-9,11-12H,4-6,10,13H2,1-3H3,(H2,19,20,23). The molecule has 0 bridgehead atoms. The summed E-state index contributed by atoms with van der Waals surface area (Å²) in [6, 6.07) is 9.75. The molecule has 124 valence electrons. The molecule has 0 aliphatic heterocycles. The highest BCUT2D eigenvalue weighted by molar-refractivity contribution is 5.90. The van der Waals surface area contributed by atoms with Gasteiger partial charge < -0.3 is 10.6 Å². The number of hydrogen-bond acceptors (Lipinski definition) is 2. The van der Waals surface area contributed by atoms with Crippen molar-refractivity contribution >= 4 is 11.7 Å². The molecular weight excluding hydrogens is 288 g/mol. The zero-order chi connectivity index (χ0) is 16.7. The van der Waals surface area contributed by atoms with Gasteiger partial charge in [-0.2, -0.15) is 5.10 Å². The van der Waals surface area contributed by atoms with E-state index in [1.165, 1.54) is 12.8 Å². The average molecular weight is 314 g/mol. The summed E-state index contributed by atoms with van der Waals surface area (Å²) >= 11 is 0. The van der Waals surface area contributed by atoms with Crippen LogP contribution >= 0.6 is 0 Å². The first-order valence-electron chi connectivity index (χ1n) is 8.30. The normalized spacial score (nSPS) is 10.6. The van der Waals surface area contributed by atoms with Crippen molar-refractivity contribution in [2.45, 2.75) is 46.5 Å². The van der Waals surface area contributed by atoms with Crippen LogP contribution in [0, 0.1) is 13.8 Å². The van der Waals surface area contributed by atoms with Gasteiger partial charge in [0.2, 0.25) is 0 Å². The number of para-hydroxylation sites is 1. The van der Waals surface area contributed by atoms with Crippen LogP contribution in [-0.2, 0) is 0 Å². The van der Waals surface area contributed by atoms with Gasteiger partial charge in [0.25, 0.3) is 0 Å². The molecule has 23 heavy (non-hydrogen) atoms. The molecule has 2 N–H and O–H groups in total. The highest BCUT2D eigenvalue weighted by Gasteiger charge is 2.14. The van der Waals surface area contributed by atoms with Crippen LogP contribution in [0.5, 0.6) is 0 Å². The predicted octanol–water partition coefficient (Wildman–Crippen LogP) is 4.19.